The lowest BCUT2D eigenvalue weighted by Gasteiger charge is -2.04. The first kappa shape index (κ1) is 8.90. The quantitative estimate of drug-likeness (QED) is 0.350. The largest absolute Gasteiger partial charge is 0.481 e. The second kappa shape index (κ2) is 3.84. The molecule has 0 saturated heterocycles. The Hall–Kier alpha value is -1.10. The normalized spacial score (nSPS) is 12.2. The minimum absolute atomic E-state index is 0.606. The standard InChI is InChI=1S/C5H9NO4/c1-3(7)6-4(8)2-5(9)10/h3,7H,2H2,1H3,(H,6,8)(H,9,10). The summed E-state index contributed by atoms with van der Waals surface area (Å²) < 4.78 is 0. The van der Waals surface area contributed by atoms with Crippen LogP contribution in [0, 0.1) is 0 Å². The highest BCUT2D eigenvalue weighted by molar-refractivity contribution is 5.93. The first-order valence-corrected chi connectivity index (χ1v) is 2.71. The number of carboxylic acids is 1. The van der Waals surface area contributed by atoms with Crippen molar-refractivity contribution >= 4 is 11.9 Å². The molecule has 1 unspecified atom stereocenters. The van der Waals surface area contributed by atoms with Gasteiger partial charge in [0, 0.05) is 0 Å². The van der Waals surface area contributed by atoms with E-state index in [9.17, 15) is 9.59 Å². The molecule has 0 spiro atoms. The summed E-state index contributed by atoms with van der Waals surface area (Å²) in [5.41, 5.74) is 0. The number of hydrogen-bond donors (Lipinski definition) is 3. The predicted molar refractivity (Wildman–Crippen MR) is 32.1 cm³/mol. The van der Waals surface area contributed by atoms with Gasteiger partial charge in [-0.05, 0) is 6.92 Å². The average Bonchev–Trinajstić information content (AvgIpc) is 1.58. The van der Waals surface area contributed by atoms with Crippen molar-refractivity contribution in [2.24, 2.45) is 0 Å². The molecule has 3 N–H and O–H groups in total. The number of nitrogens with one attached hydrogen (secondary N) is 1. The van der Waals surface area contributed by atoms with E-state index in [4.69, 9.17) is 10.2 Å². The summed E-state index contributed by atoms with van der Waals surface area (Å²) in [6.45, 7) is 1.33. The molecule has 0 fully saturated rings. The third kappa shape index (κ3) is 5.04. The maximum absolute atomic E-state index is 10.4. The monoisotopic (exact) mass is 147 g/mol. The van der Waals surface area contributed by atoms with Gasteiger partial charge in [-0.15, -0.1) is 0 Å². The number of hydrogen-bond acceptors (Lipinski definition) is 3. The van der Waals surface area contributed by atoms with Crippen molar-refractivity contribution in [3.05, 3.63) is 0 Å². The predicted octanol–water partition coefficient (Wildman–Crippen LogP) is -1.08. The summed E-state index contributed by atoms with van der Waals surface area (Å²) in [6.07, 6.45) is -1.60. The summed E-state index contributed by atoms with van der Waals surface area (Å²) in [6, 6.07) is 0. The molecule has 10 heavy (non-hydrogen) atoms. The van der Waals surface area contributed by atoms with Crippen LogP contribution in [0.5, 0.6) is 0 Å². The molecule has 1 amide bonds. The molecule has 0 aliphatic rings. The Bertz CT molecular complexity index is 143. The van der Waals surface area contributed by atoms with Gasteiger partial charge in [0.25, 0.3) is 0 Å². The van der Waals surface area contributed by atoms with Crippen molar-refractivity contribution < 1.29 is 19.8 Å². The molecule has 0 aromatic carbocycles. The number of amides is 1. The zero-order valence-corrected chi connectivity index (χ0v) is 5.50. The van der Waals surface area contributed by atoms with E-state index in [1.807, 2.05) is 5.32 Å². The fourth-order valence-electron chi connectivity index (χ4n) is 0.421. The van der Waals surface area contributed by atoms with Crippen LogP contribution in [0.3, 0.4) is 0 Å². The van der Waals surface area contributed by atoms with Crippen molar-refractivity contribution in [2.75, 3.05) is 0 Å². The SMILES string of the molecule is CC(O)NC(=O)CC(=O)O. The van der Waals surface area contributed by atoms with Gasteiger partial charge in [0.05, 0.1) is 0 Å². The number of rotatable bonds is 3. The van der Waals surface area contributed by atoms with Crippen LogP contribution in [0.4, 0.5) is 0 Å². The average molecular weight is 147 g/mol. The molecule has 5 heteroatoms. The Balaban J connectivity index is 3.54. The molecule has 0 radical (unpaired) electrons. The van der Waals surface area contributed by atoms with Crippen LogP contribution in [-0.4, -0.2) is 28.3 Å². The van der Waals surface area contributed by atoms with Crippen LogP contribution in [-0.2, 0) is 9.59 Å². The highest BCUT2D eigenvalue weighted by Gasteiger charge is 2.07. The Morgan fingerprint density at radius 3 is 2.40 bits per heavy atom. The third-order valence-electron chi connectivity index (χ3n) is 0.682. The molecular weight excluding hydrogens is 138 g/mol. The Labute approximate surface area is 57.7 Å². The minimum Gasteiger partial charge on any atom is -0.481 e. The van der Waals surface area contributed by atoms with Gasteiger partial charge in [-0.3, -0.25) is 9.59 Å². The number of aliphatic hydroxyl groups is 1. The van der Waals surface area contributed by atoms with Crippen LogP contribution in [0.2, 0.25) is 0 Å². The minimum atomic E-state index is -1.21. The number of carboxylic acid groups (broad SMARTS) is 1. The smallest absolute Gasteiger partial charge is 0.312 e. The van der Waals surface area contributed by atoms with Crippen molar-refractivity contribution in [2.45, 2.75) is 19.6 Å². The van der Waals surface area contributed by atoms with Crippen LogP contribution in [0.15, 0.2) is 0 Å². The number of carbonyl (C=O) groups excluding carboxylic acids is 1. The van der Waals surface area contributed by atoms with Crippen molar-refractivity contribution in [1.29, 1.82) is 0 Å². The fourth-order valence-corrected chi connectivity index (χ4v) is 0.421. The van der Waals surface area contributed by atoms with Gasteiger partial charge in [0.2, 0.25) is 5.91 Å². The first-order valence-electron chi connectivity index (χ1n) is 2.71. The molecule has 1 atom stereocenters. The molecule has 0 saturated carbocycles. The van der Waals surface area contributed by atoms with Crippen molar-refractivity contribution in [3.8, 4) is 0 Å². The first-order chi connectivity index (χ1) is 4.52. The second-order valence-electron chi connectivity index (χ2n) is 1.81. The fraction of sp³-hybridized carbons (Fsp3) is 0.600. The molecule has 0 heterocycles. The van der Waals surface area contributed by atoms with Crippen LogP contribution in [0.25, 0.3) is 0 Å². The molecule has 58 valence electrons. The van der Waals surface area contributed by atoms with Gasteiger partial charge in [-0.1, -0.05) is 0 Å². The Kier molecular flexibility index (Phi) is 3.42. The lowest BCUT2D eigenvalue weighted by atomic mass is 10.4. The van der Waals surface area contributed by atoms with Gasteiger partial charge in [-0.2, -0.15) is 0 Å². The summed E-state index contributed by atoms with van der Waals surface area (Å²) in [7, 11) is 0. The van der Waals surface area contributed by atoms with E-state index in [1.54, 1.807) is 0 Å². The van der Waals surface area contributed by atoms with E-state index in [1.165, 1.54) is 6.92 Å². The van der Waals surface area contributed by atoms with E-state index >= 15 is 0 Å². The lowest BCUT2D eigenvalue weighted by molar-refractivity contribution is -0.141. The van der Waals surface area contributed by atoms with E-state index in [-0.39, 0.29) is 0 Å². The lowest BCUT2D eigenvalue weighted by Crippen LogP contribution is -2.33. The second-order valence-corrected chi connectivity index (χ2v) is 1.81. The summed E-state index contributed by atoms with van der Waals surface area (Å²) in [5.74, 6) is -1.90. The summed E-state index contributed by atoms with van der Waals surface area (Å²) >= 11 is 0. The highest BCUT2D eigenvalue weighted by Crippen LogP contribution is 1.80. The molecule has 0 aliphatic carbocycles. The van der Waals surface area contributed by atoms with Gasteiger partial charge in [-0.25, -0.2) is 0 Å². The Morgan fingerprint density at radius 2 is 2.10 bits per heavy atom. The molecule has 5 nitrogen and oxygen atoms in total. The summed E-state index contributed by atoms with van der Waals surface area (Å²) in [4.78, 5) is 20.3. The van der Waals surface area contributed by atoms with Gasteiger partial charge >= 0.3 is 5.97 Å². The van der Waals surface area contributed by atoms with Gasteiger partial charge < -0.3 is 15.5 Å². The van der Waals surface area contributed by atoms with E-state index < -0.39 is 24.5 Å². The number of aliphatic hydroxyl groups excluding tert-OH is 1. The van der Waals surface area contributed by atoms with E-state index in [0.29, 0.717) is 0 Å². The van der Waals surface area contributed by atoms with Gasteiger partial charge in [0.15, 0.2) is 0 Å². The summed E-state index contributed by atoms with van der Waals surface area (Å²) in [5, 5.41) is 18.6. The molecular formula is C5H9NO4. The maximum atomic E-state index is 10.4. The Morgan fingerprint density at radius 1 is 1.60 bits per heavy atom. The van der Waals surface area contributed by atoms with Crippen molar-refractivity contribution in [1.82, 2.24) is 5.32 Å². The van der Waals surface area contributed by atoms with Crippen LogP contribution < -0.4 is 5.32 Å². The maximum Gasteiger partial charge on any atom is 0.312 e. The molecule has 0 bridgehead atoms. The third-order valence-corrected chi connectivity index (χ3v) is 0.682. The number of carbonyl (C=O) groups is 2. The molecule has 0 rings (SSSR count). The van der Waals surface area contributed by atoms with E-state index in [2.05, 4.69) is 0 Å². The van der Waals surface area contributed by atoms with Crippen LogP contribution >= 0.6 is 0 Å². The number of aliphatic carboxylic acids is 1. The van der Waals surface area contributed by atoms with Gasteiger partial charge in [0.1, 0.15) is 12.6 Å². The van der Waals surface area contributed by atoms with Crippen molar-refractivity contribution in [3.63, 3.8) is 0 Å². The highest BCUT2D eigenvalue weighted by atomic mass is 16.4. The van der Waals surface area contributed by atoms with E-state index in [0.717, 1.165) is 0 Å². The topological polar surface area (TPSA) is 86.6 Å². The zero-order valence-electron chi connectivity index (χ0n) is 5.50. The molecule has 0 aliphatic heterocycles. The molecule has 0 aromatic rings. The molecule has 0 aromatic heterocycles. The van der Waals surface area contributed by atoms with Crippen LogP contribution in [0.1, 0.15) is 13.3 Å². The zero-order chi connectivity index (χ0) is 8.15.